The minimum atomic E-state index is 0.0567. The molecule has 0 unspecified atom stereocenters. The number of hydrogen-bond acceptors (Lipinski definition) is 2. The average molecular weight is 275 g/mol. The van der Waals surface area contributed by atoms with E-state index in [1.165, 1.54) is 0 Å². The van der Waals surface area contributed by atoms with Gasteiger partial charge in [-0.1, -0.05) is 0 Å². The molecule has 0 saturated heterocycles. The van der Waals surface area contributed by atoms with E-state index in [-0.39, 0.29) is 5.78 Å². The van der Waals surface area contributed by atoms with Crippen LogP contribution < -0.4 is 5.73 Å². The molecule has 1 rings (SSSR count). The summed E-state index contributed by atoms with van der Waals surface area (Å²) in [4.78, 5) is 11.0. The molecule has 0 fully saturated rings. The van der Waals surface area contributed by atoms with Gasteiger partial charge in [0.15, 0.2) is 5.78 Å². The Bertz CT molecular complexity index is 310. The molecule has 0 spiro atoms. The second-order valence-electron chi connectivity index (χ2n) is 2.75. The summed E-state index contributed by atoms with van der Waals surface area (Å²) in [5, 5.41) is 0. The number of rotatable bonds is 1. The van der Waals surface area contributed by atoms with Crippen LogP contribution in [0.15, 0.2) is 12.1 Å². The van der Waals surface area contributed by atoms with Crippen LogP contribution in [0.4, 0.5) is 5.69 Å². The van der Waals surface area contributed by atoms with E-state index < -0.39 is 0 Å². The van der Waals surface area contributed by atoms with Crippen LogP contribution in [0.25, 0.3) is 0 Å². The van der Waals surface area contributed by atoms with Crippen LogP contribution >= 0.6 is 22.6 Å². The molecule has 0 aromatic heterocycles. The van der Waals surface area contributed by atoms with E-state index in [0.717, 1.165) is 9.13 Å². The number of carbonyl (C=O) groups is 1. The third-order valence-corrected chi connectivity index (χ3v) is 3.16. The van der Waals surface area contributed by atoms with Gasteiger partial charge in [0.05, 0.1) is 0 Å². The van der Waals surface area contributed by atoms with Gasteiger partial charge in [-0.15, -0.1) is 0 Å². The van der Waals surface area contributed by atoms with Gasteiger partial charge in [0.2, 0.25) is 0 Å². The lowest BCUT2D eigenvalue weighted by molar-refractivity contribution is 0.101. The molecule has 1 aromatic carbocycles. The van der Waals surface area contributed by atoms with Crippen molar-refractivity contribution in [2.75, 3.05) is 5.73 Å². The Morgan fingerprint density at radius 2 is 2.08 bits per heavy atom. The van der Waals surface area contributed by atoms with Crippen molar-refractivity contribution < 1.29 is 4.79 Å². The zero-order valence-corrected chi connectivity index (χ0v) is 9.18. The minimum Gasteiger partial charge on any atom is -0.398 e. The molecule has 3 heteroatoms. The van der Waals surface area contributed by atoms with Gasteiger partial charge in [0.1, 0.15) is 0 Å². The van der Waals surface area contributed by atoms with Crippen molar-refractivity contribution in [3.05, 3.63) is 26.8 Å². The van der Waals surface area contributed by atoms with Gasteiger partial charge in [-0.25, -0.2) is 0 Å². The van der Waals surface area contributed by atoms with Gasteiger partial charge in [-0.05, 0) is 54.1 Å². The first-order valence-corrected chi connectivity index (χ1v) is 4.67. The van der Waals surface area contributed by atoms with Crippen LogP contribution in [0, 0.1) is 10.5 Å². The van der Waals surface area contributed by atoms with Crippen molar-refractivity contribution in [1.29, 1.82) is 0 Å². The smallest absolute Gasteiger partial charge is 0.159 e. The van der Waals surface area contributed by atoms with Crippen molar-refractivity contribution in [3.63, 3.8) is 0 Å². The SMILES string of the molecule is CC(=O)c1cc(C)c(I)c(N)c1. The first kappa shape index (κ1) is 9.51. The van der Waals surface area contributed by atoms with Crippen LogP contribution in [-0.4, -0.2) is 5.78 Å². The number of nitrogen functional groups attached to an aromatic ring is 1. The summed E-state index contributed by atoms with van der Waals surface area (Å²) >= 11 is 2.17. The molecule has 0 aliphatic carbocycles. The quantitative estimate of drug-likeness (QED) is 0.486. The van der Waals surface area contributed by atoms with Gasteiger partial charge >= 0.3 is 0 Å². The van der Waals surface area contributed by atoms with Gasteiger partial charge in [-0.2, -0.15) is 0 Å². The summed E-state index contributed by atoms with van der Waals surface area (Å²) in [6.45, 7) is 3.49. The lowest BCUT2D eigenvalue weighted by atomic mass is 10.1. The Balaban J connectivity index is 3.31. The molecule has 0 aliphatic rings. The van der Waals surface area contributed by atoms with Crippen molar-refractivity contribution >= 4 is 34.1 Å². The number of nitrogens with two attached hydrogens (primary N) is 1. The molecule has 1 aromatic rings. The highest BCUT2D eigenvalue weighted by Gasteiger charge is 2.05. The minimum absolute atomic E-state index is 0.0567. The van der Waals surface area contributed by atoms with E-state index in [4.69, 9.17) is 5.73 Å². The normalized spacial score (nSPS) is 9.92. The van der Waals surface area contributed by atoms with Crippen LogP contribution in [0.2, 0.25) is 0 Å². The van der Waals surface area contributed by atoms with Crippen molar-refractivity contribution in [2.45, 2.75) is 13.8 Å². The lowest BCUT2D eigenvalue weighted by Crippen LogP contribution is -1.98. The molecule has 0 saturated carbocycles. The number of carbonyl (C=O) groups excluding carboxylic acids is 1. The summed E-state index contributed by atoms with van der Waals surface area (Å²) in [5.41, 5.74) is 8.12. The summed E-state index contributed by atoms with van der Waals surface area (Å²) in [5.74, 6) is 0.0567. The number of aryl methyl sites for hydroxylation is 1. The van der Waals surface area contributed by atoms with Gasteiger partial charge in [0.25, 0.3) is 0 Å². The fourth-order valence-electron chi connectivity index (χ4n) is 1.00. The zero-order valence-electron chi connectivity index (χ0n) is 7.02. The number of Topliss-reactive ketones (excluding diaryl/α,β-unsaturated/α-hetero) is 1. The van der Waals surface area contributed by atoms with Crippen LogP contribution in [0.1, 0.15) is 22.8 Å². The Morgan fingerprint density at radius 1 is 1.50 bits per heavy atom. The monoisotopic (exact) mass is 275 g/mol. The molecule has 0 bridgehead atoms. The molecule has 0 radical (unpaired) electrons. The third kappa shape index (κ3) is 1.77. The molecule has 0 amide bonds. The summed E-state index contributed by atoms with van der Waals surface area (Å²) in [6.07, 6.45) is 0. The highest BCUT2D eigenvalue weighted by Crippen LogP contribution is 2.21. The molecule has 64 valence electrons. The third-order valence-electron chi connectivity index (χ3n) is 1.69. The van der Waals surface area contributed by atoms with E-state index in [9.17, 15) is 4.79 Å². The number of halogens is 1. The van der Waals surface area contributed by atoms with Gasteiger partial charge < -0.3 is 5.73 Å². The number of benzene rings is 1. The maximum absolute atomic E-state index is 11.0. The largest absolute Gasteiger partial charge is 0.398 e. The first-order chi connectivity index (χ1) is 5.52. The molecule has 2 nitrogen and oxygen atoms in total. The van der Waals surface area contributed by atoms with Crippen molar-refractivity contribution in [1.82, 2.24) is 0 Å². The van der Waals surface area contributed by atoms with Crippen LogP contribution in [0.5, 0.6) is 0 Å². The van der Waals surface area contributed by atoms with E-state index >= 15 is 0 Å². The second-order valence-corrected chi connectivity index (χ2v) is 3.83. The highest BCUT2D eigenvalue weighted by atomic mass is 127. The summed E-state index contributed by atoms with van der Waals surface area (Å²) < 4.78 is 1.03. The van der Waals surface area contributed by atoms with Crippen LogP contribution in [-0.2, 0) is 0 Å². The Hall–Kier alpha value is -0.580. The predicted octanol–water partition coefficient (Wildman–Crippen LogP) is 2.38. The molecule has 12 heavy (non-hydrogen) atoms. The number of anilines is 1. The van der Waals surface area contributed by atoms with E-state index in [2.05, 4.69) is 22.6 Å². The number of ketones is 1. The van der Waals surface area contributed by atoms with Crippen molar-refractivity contribution in [2.24, 2.45) is 0 Å². The highest BCUT2D eigenvalue weighted by molar-refractivity contribution is 14.1. The maximum Gasteiger partial charge on any atom is 0.159 e. The Morgan fingerprint density at radius 3 is 2.50 bits per heavy atom. The van der Waals surface area contributed by atoms with E-state index in [0.29, 0.717) is 11.3 Å². The first-order valence-electron chi connectivity index (χ1n) is 3.59. The van der Waals surface area contributed by atoms with Crippen LogP contribution in [0.3, 0.4) is 0 Å². The summed E-state index contributed by atoms with van der Waals surface area (Å²) in [6, 6.07) is 3.58. The predicted molar refractivity (Wildman–Crippen MR) is 58.3 cm³/mol. The second kappa shape index (κ2) is 3.43. The van der Waals surface area contributed by atoms with Gasteiger partial charge in [0, 0.05) is 14.8 Å². The Labute approximate surface area is 85.3 Å². The molecular formula is C9H10INO. The lowest BCUT2D eigenvalue weighted by Gasteiger charge is -2.04. The number of hydrogen-bond donors (Lipinski definition) is 1. The molecular weight excluding hydrogens is 265 g/mol. The Kier molecular flexibility index (Phi) is 2.72. The standard InChI is InChI=1S/C9H10INO/c1-5-3-7(6(2)12)4-8(11)9(5)10/h3-4H,11H2,1-2H3. The molecule has 0 atom stereocenters. The van der Waals surface area contributed by atoms with Gasteiger partial charge in [-0.3, -0.25) is 4.79 Å². The molecule has 0 heterocycles. The maximum atomic E-state index is 11.0. The molecule has 2 N–H and O–H groups in total. The molecule has 0 aliphatic heterocycles. The topological polar surface area (TPSA) is 43.1 Å². The fraction of sp³-hybridized carbons (Fsp3) is 0.222. The zero-order chi connectivity index (χ0) is 9.30. The van der Waals surface area contributed by atoms with Crippen molar-refractivity contribution in [3.8, 4) is 0 Å². The summed E-state index contributed by atoms with van der Waals surface area (Å²) in [7, 11) is 0. The fourth-order valence-corrected chi connectivity index (χ4v) is 1.31. The van der Waals surface area contributed by atoms with E-state index in [1.54, 1.807) is 13.0 Å². The van der Waals surface area contributed by atoms with E-state index in [1.807, 2.05) is 13.0 Å². The average Bonchev–Trinajstić information content (AvgIpc) is 1.99.